The van der Waals surface area contributed by atoms with Crippen LogP contribution in [0.25, 0.3) is 0 Å². The van der Waals surface area contributed by atoms with Crippen molar-refractivity contribution in [3.8, 4) is 0 Å². The van der Waals surface area contributed by atoms with Crippen LogP contribution in [-0.2, 0) is 9.59 Å². The molecule has 1 aliphatic carbocycles. The van der Waals surface area contributed by atoms with Crippen molar-refractivity contribution in [2.45, 2.75) is 52.4 Å². The number of aryl methyl sites for hydroxylation is 3. The molecule has 2 atom stereocenters. The molecule has 0 spiro atoms. The molecule has 1 amide bonds. The third-order valence-corrected chi connectivity index (χ3v) is 7.09. The molecule has 168 valence electrons. The molecule has 32 heavy (non-hydrogen) atoms. The van der Waals surface area contributed by atoms with Crippen LogP contribution < -0.4 is 0 Å². The number of benzene rings is 2. The SMILES string of the molecule is Cc1cc(C)c(C2C(=O)CC(CC3CCN(C(=O)c4ccc(F)cc4)CC3)C2=O)c(C)c1. The molecule has 0 radical (unpaired) electrons. The molecule has 2 fully saturated rings. The van der Waals surface area contributed by atoms with Crippen LogP contribution in [0.3, 0.4) is 0 Å². The summed E-state index contributed by atoms with van der Waals surface area (Å²) in [7, 11) is 0. The largest absolute Gasteiger partial charge is 0.339 e. The van der Waals surface area contributed by atoms with Gasteiger partial charge in [0.05, 0.1) is 0 Å². The fraction of sp³-hybridized carbons (Fsp3) is 0.444. The van der Waals surface area contributed by atoms with E-state index in [-0.39, 0.29) is 29.2 Å². The topological polar surface area (TPSA) is 54.5 Å². The molecule has 2 aliphatic rings. The van der Waals surface area contributed by atoms with Gasteiger partial charge in [-0.2, -0.15) is 0 Å². The molecule has 2 aromatic carbocycles. The Morgan fingerprint density at radius 3 is 2.19 bits per heavy atom. The number of carbonyl (C=O) groups is 3. The Kier molecular flexibility index (Phi) is 6.27. The van der Waals surface area contributed by atoms with Crippen molar-refractivity contribution in [3.63, 3.8) is 0 Å². The van der Waals surface area contributed by atoms with Crippen LogP contribution in [-0.4, -0.2) is 35.5 Å². The molecule has 2 aromatic rings. The predicted molar refractivity (Wildman–Crippen MR) is 121 cm³/mol. The van der Waals surface area contributed by atoms with Gasteiger partial charge in [0, 0.05) is 31.0 Å². The minimum absolute atomic E-state index is 0.0407. The van der Waals surface area contributed by atoms with Crippen molar-refractivity contribution in [3.05, 3.63) is 70.0 Å². The average molecular weight is 436 g/mol. The van der Waals surface area contributed by atoms with Gasteiger partial charge in [0.25, 0.3) is 5.91 Å². The molecule has 0 N–H and O–H groups in total. The number of nitrogens with zero attached hydrogens (tertiary/aromatic N) is 1. The van der Waals surface area contributed by atoms with E-state index in [9.17, 15) is 18.8 Å². The summed E-state index contributed by atoms with van der Waals surface area (Å²) in [6, 6.07) is 9.73. The number of ketones is 2. The van der Waals surface area contributed by atoms with E-state index in [4.69, 9.17) is 0 Å². The van der Waals surface area contributed by atoms with Crippen molar-refractivity contribution in [2.24, 2.45) is 11.8 Å². The zero-order chi connectivity index (χ0) is 23.0. The summed E-state index contributed by atoms with van der Waals surface area (Å²) in [4.78, 5) is 40.5. The Balaban J connectivity index is 1.38. The quantitative estimate of drug-likeness (QED) is 0.640. The highest BCUT2D eigenvalue weighted by atomic mass is 19.1. The lowest BCUT2D eigenvalue weighted by Crippen LogP contribution is -2.39. The smallest absolute Gasteiger partial charge is 0.253 e. The summed E-state index contributed by atoms with van der Waals surface area (Å²) >= 11 is 0. The zero-order valence-electron chi connectivity index (χ0n) is 19.0. The van der Waals surface area contributed by atoms with Gasteiger partial charge in [-0.25, -0.2) is 4.39 Å². The number of amides is 1. The summed E-state index contributed by atoms with van der Waals surface area (Å²) in [5.74, 6) is -0.856. The number of likely N-dealkylation sites (tertiary alicyclic amines) is 1. The summed E-state index contributed by atoms with van der Waals surface area (Å²) in [6.45, 7) is 7.23. The van der Waals surface area contributed by atoms with Gasteiger partial charge in [-0.15, -0.1) is 0 Å². The molecule has 1 aliphatic heterocycles. The van der Waals surface area contributed by atoms with Crippen molar-refractivity contribution in [1.29, 1.82) is 0 Å². The van der Waals surface area contributed by atoms with Gasteiger partial charge >= 0.3 is 0 Å². The molecule has 1 saturated heterocycles. The first-order valence-electron chi connectivity index (χ1n) is 11.4. The molecular formula is C27H30FNO3. The molecule has 4 rings (SSSR count). The van der Waals surface area contributed by atoms with E-state index in [0.29, 0.717) is 37.4 Å². The predicted octanol–water partition coefficient (Wildman–Crippen LogP) is 4.94. The van der Waals surface area contributed by atoms with Gasteiger partial charge in [0.15, 0.2) is 5.78 Å². The Morgan fingerprint density at radius 2 is 1.59 bits per heavy atom. The summed E-state index contributed by atoms with van der Waals surface area (Å²) < 4.78 is 13.1. The zero-order valence-corrected chi connectivity index (χ0v) is 19.0. The maximum Gasteiger partial charge on any atom is 0.253 e. The minimum Gasteiger partial charge on any atom is -0.339 e. The highest BCUT2D eigenvalue weighted by Crippen LogP contribution is 2.40. The molecular weight excluding hydrogens is 405 g/mol. The molecule has 2 unspecified atom stereocenters. The number of rotatable bonds is 4. The van der Waals surface area contributed by atoms with E-state index in [1.807, 2.05) is 32.9 Å². The lowest BCUT2D eigenvalue weighted by molar-refractivity contribution is -0.125. The molecule has 0 bridgehead atoms. The molecule has 0 aromatic heterocycles. The molecule has 5 heteroatoms. The van der Waals surface area contributed by atoms with Crippen LogP contribution in [0.2, 0.25) is 0 Å². The van der Waals surface area contributed by atoms with Gasteiger partial charge in [-0.3, -0.25) is 14.4 Å². The van der Waals surface area contributed by atoms with E-state index in [1.54, 1.807) is 4.90 Å². The van der Waals surface area contributed by atoms with Crippen LogP contribution in [0.1, 0.15) is 64.2 Å². The van der Waals surface area contributed by atoms with Crippen molar-refractivity contribution in [2.75, 3.05) is 13.1 Å². The van der Waals surface area contributed by atoms with E-state index in [1.165, 1.54) is 24.3 Å². The highest BCUT2D eigenvalue weighted by Gasteiger charge is 2.44. The number of hydrogen-bond acceptors (Lipinski definition) is 3. The Hall–Kier alpha value is -2.82. The Bertz CT molecular complexity index is 1030. The van der Waals surface area contributed by atoms with Crippen molar-refractivity contribution < 1.29 is 18.8 Å². The van der Waals surface area contributed by atoms with Gasteiger partial charge < -0.3 is 4.90 Å². The molecule has 4 nitrogen and oxygen atoms in total. The van der Waals surface area contributed by atoms with Crippen LogP contribution in [0.5, 0.6) is 0 Å². The monoisotopic (exact) mass is 435 g/mol. The fourth-order valence-electron chi connectivity index (χ4n) is 5.55. The van der Waals surface area contributed by atoms with Crippen LogP contribution in [0, 0.1) is 38.4 Å². The first-order valence-corrected chi connectivity index (χ1v) is 11.4. The van der Waals surface area contributed by atoms with Crippen molar-refractivity contribution >= 4 is 17.5 Å². The van der Waals surface area contributed by atoms with Crippen LogP contribution in [0.4, 0.5) is 4.39 Å². The van der Waals surface area contributed by atoms with E-state index < -0.39 is 5.92 Å². The lowest BCUT2D eigenvalue weighted by atomic mass is 9.83. The second kappa shape index (κ2) is 8.97. The second-order valence-corrected chi connectivity index (χ2v) is 9.49. The maximum absolute atomic E-state index is 13.2. The van der Waals surface area contributed by atoms with Gasteiger partial charge in [0.1, 0.15) is 17.5 Å². The first kappa shape index (κ1) is 22.4. The standard InChI is InChI=1S/C27H30FNO3/c1-16-12-17(2)24(18(3)13-16)25-23(30)15-21(26(25)31)14-19-8-10-29(11-9-19)27(32)20-4-6-22(28)7-5-20/h4-7,12-13,19,21,25H,8-11,14-15H2,1-3H3. The number of Topliss-reactive ketones (excluding diaryl/α,β-unsaturated/α-hetero) is 2. The third-order valence-electron chi connectivity index (χ3n) is 7.09. The summed E-state index contributed by atoms with van der Waals surface area (Å²) in [6.07, 6.45) is 2.67. The van der Waals surface area contributed by atoms with E-state index in [2.05, 4.69) is 0 Å². The number of piperidine rings is 1. The molecule has 1 heterocycles. The first-order chi connectivity index (χ1) is 15.2. The summed E-state index contributed by atoms with van der Waals surface area (Å²) in [5, 5.41) is 0. The lowest BCUT2D eigenvalue weighted by Gasteiger charge is -2.33. The van der Waals surface area contributed by atoms with Gasteiger partial charge in [-0.1, -0.05) is 17.7 Å². The second-order valence-electron chi connectivity index (χ2n) is 9.49. The number of hydrogen-bond donors (Lipinski definition) is 0. The van der Waals surface area contributed by atoms with Gasteiger partial charge in [-0.05, 0) is 86.9 Å². The maximum atomic E-state index is 13.2. The summed E-state index contributed by atoms with van der Waals surface area (Å²) in [5.41, 5.74) is 4.56. The number of carbonyl (C=O) groups excluding carboxylic acids is 3. The van der Waals surface area contributed by atoms with E-state index >= 15 is 0 Å². The number of halogens is 1. The van der Waals surface area contributed by atoms with Crippen molar-refractivity contribution in [1.82, 2.24) is 4.90 Å². The normalized spacial score (nSPS) is 21.9. The molecule has 1 saturated carbocycles. The minimum atomic E-state index is -0.624. The fourth-order valence-corrected chi connectivity index (χ4v) is 5.55. The average Bonchev–Trinajstić information content (AvgIpc) is 3.01. The van der Waals surface area contributed by atoms with E-state index in [0.717, 1.165) is 35.1 Å². The third kappa shape index (κ3) is 4.38. The highest BCUT2D eigenvalue weighted by molar-refractivity contribution is 6.15. The Morgan fingerprint density at radius 1 is 1.00 bits per heavy atom. The van der Waals surface area contributed by atoms with Gasteiger partial charge in [0.2, 0.25) is 0 Å². The van der Waals surface area contributed by atoms with Crippen LogP contribution >= 0.6 is 0 Å². The van der Waals surface area contributed by atoms with Crippen LogP contribution in [0.15, 0.2) is 36.4 Å². The Labute approximate surface area is 188 Å².